The molecule has 0 aliphatic heterocycles. The highest BCUT2D eigenvalue weighted by Gasteiger charge is 2.62. The van der Waals surface area contributed by atoms with Crippen LogP contribution in [0.3, 0.4) is 0 Å². The highest BCUT2D eigenvalue weighted by atomic mass is 35.5. The molecule has 1 N–H and O–H groups in total. The van der Waals surface area contributed by atoms with Crippen molar-refractivity contribution < 1.29 is 19.1 Å². The van der Waals surface area contributed by atoms with Gasteiger partial charge < -0.3 is 10.1 Å². The molecular weight excluding hydrogens is 542 g/mol. The normalized spacial score (nSPS) is 36.6. The molecule has 40 heavy (non-hydrogen) atoms. The summed E-state index contributed by atoms with van der Waals surface area (Å²) in [5, 5.41) is 3.32. The van der Waals surface area contributed by atoms with Crippen LogP contribution in [0.25, 0.3) is 0 Å². The summed E-state index contributed by atoms with van der Waals surface area (Å²) in [5.74, 6) is 2.27. The van der Waals surface area contributed by atoms with E-state index in [0.29, 0.717) is 42.9 Å². The number of hydrogen-bond acceptors (Lipinski definition) is 5. The number of halogens is 1. The van der Waals surface area contributed by atoms with Gasteiger partial charge in [-0.25, -0.2) is 0 Å². The van der Waals surface area contributed by atoms with Crippen molar-refractivity contribution in [2.75, 3.05) is 0 Å². The molecule has 1 aromatic heterocycles. The van der Waals surface area contributed by atoms with E-state index in [1.807, 2.05) is 18.2 Å². The quantitative estimate of drug-likeness (QED) is 0.329. The van der Waals surface area contributed by atoms with Crippen LogP contribution in [0.4, 0.5) is 0 Å². The Kier molecular flexibility index (Phi) is 8.35. The number of ether oxygens (including phenoxy) is 1. The molecule has 220 valence electrons. The Morgan fingerprint density at radius 3 is 2.52 bits per heavy atom. The zero-order chi connectivity index (χ0) is 29.0. The number of nitrogens with one attached hydrogen (secondary N) is 1. The lowest BCUT2D eigenvalue weighted by Gasteiger charge is -2.60. The summed E-state index contributed by atoms with van der Waals surface area (Å²) < 4.78 is 6.79. The van der Waals surface area contributed by atoms with E-state index >= 15 is 0 Å². The number of hydrogen-bond donors (Lipinski definition) is 1. The standard InChI is InChI=1S/C33H46ClNO4S/c1-18(2)31(27-9-10-28(34)40-27)35-29(38)15-19(3)23-7-8-24-30-25(12-14-33(23,24)6)32(5)13-11-22(37)16-21(32)17-26(30)39-20(4)36/h9-10,16,18-19,23-26,30-31H,7-8,11-15,17H2,1-6H3,(H,35,38)/t19-,23?,24+,25+,26-,30+,31?,32+,33-/m1/s1. The molecule has 0 saturated heterocycles. The van der Waals surface area contributed by atoms with E-state index < -0.39 is 0 Å². The number of carbonyl (C=O) groups is 3. The first-order valence-corrected chi connectivity index (χ1v) is 16.5. The van der Waals surface area contributed by atoms with Crippen molar-refractivity contribution in [2.45, 2.75) is 105 Å². The maximum atomic E-state index is 13.4. The van der Waals surface area contributed by atoms with Crippen molar-refractivity contribution in [1.29, 1.82) is 0 Å². The summed E-state index contributed by atoms with van der Waals surface area (Å²) in [4.78, 5) is 39.1. The Hall–Kier alpha value is -1.66. The second-order valence-corrected chi connectivity index (χ2v) is 15.8. The first-order chi connectivity index (χ1) is 18.8. The molecule has 9 atom stereocenters. The fourth-order valence-corrected chi connectivity index (χ4v) is 10.8. The molecule has 1 heterocycles. The van der Waals surface area contributed by atoms with Crippen LogP contribution in [0.15, 0.2) is 23.8 Å². The van der Waals surface area contributed by atoms with Crippen LogP contribution in [0, 0.1) is 46.3 Å². The predicted octanol–water partition coefficient (Wildman–Crippen LogP) is 7.93. The first-order valence-electron chi connectivity index (χ1n) is 15.3. The summed E-state index contributed by atoms with van der Waals surface area (Å²) in [6.45, 7) is 12.9. The minimum Gasteiger partial charge on any atom is -0.462 e. The van der Waals surface area contributed by atoms with E-state index in [1.165, 1.54) is 23.8 Å². The van der Waals surface area contributed by atoms with E-state index in [4.69, 9.17) is 16.3 Å². The Morgan fingerprint density at radius 2 is 1.88 bits per heavy atom. The van der Waals surface area contributed by atoms with E-state index in [1.54, 1.807) is 0 Å². The molecule has 3 saturated carbocycles. The van der Waals surface area contributed by atoms with Crippen LogP contribution < -0.4 is 5.32 Å². The lowest BCUT2D eigenvalue weighted by molar-refractivity contribution is -0.166. The fourth-order valence-electron chi connectivity index (χ4n) is 9.54. The summed E-state index contributed by atoms with van der Waals surface area (Å²) in [6.07, 6.45) is 8.86. The molecule has 5 nitrogen and oxygen atoms in total. The minimum absolute atomic E-state index is 0.0106. The molecule has 5 rings (SSSR count). The summed E-state index contributed by atoms with van der Waals surface area (Å²) in [5.41, 5.74) is 1.32. The third kappa shape index (κ3) is 5.32. The molecule has 4 aliphatic rings. The van der Waals surface area contributed by atoms with Crippen molar-refractivity contribution in [3.8, 4) is 0 Å². The van der Waals surface area contributed by atoms with Crippen molar-refractivity contribution in [1.82, 2.24) is 5.32 Å². The SMILES string of the molecule is CC(=O)O[C@@H]1CC2=CC(=O)CC[C@]2(C)[C@H]2CC[C@]3(C)C([C@H](C)CC(=O)NC(c4ccc(Cl)s4)C(C)C)CC[C@H]3[C@H]12. The summed E-state index contributed by atoms with van der Waals surface area (Å²) >= 11 is 7.74. The average Bonchev–Trinajstić information content (AvgIpc) is 3.45. The minimum atomic E-state index is -0.228. The largest absolute Gasteiger partial charge is 0.462 e. The Morgan fingerprint density at radius 1 is 1.12 bits per heavy atom. The Balaban J connectivity index is 1.34. The van der Waals surface area contributed by atoms with Gasteiger partial charge in [-0.15, -0.1) is 11.3 Å². The average molecular weight is 588 g/mol. The number of carbonyl (C=O) groups excluding carboxylic acids is 3. The Labute approximate surface area is 248 Å². The monoisotopic (exact) mass is 587 g/mol. The third-order valence-corrected chi connectivity index (χ3v) is 12.7. The van der Waals surface area contributed by atoms with Gasteiger partial charge in [0, 0.05) is 37.0 Å². The molecule has 3 fully saturated rings. The zero-order valence-electron chi connectivity index (χ0n) is 24.9. The molecule has 0 spiro atoms. The van der Waals surface area contributed by atoms with Gasteiger partial charge in [0.15, 0.2) is 5.78 Å². The van der Waals surface area contributed by atoms with Crippen molar-refractivity contribution in [2.24, 2.45) is 46.3 Å². The van der Waals surface area contributed by atoms with E-state index in [0.717, 1.165) is 41.3 Å². The smallest absolute Gasteiger partial charge is 0.302 e. The number of fused-ring (bicyclic) bond motifs is 5. The van der Waals surface area contributed by atoms with Crippen LogP contribution in [-0.2, 0) is 19.1 Å². The van der Waals surface area contributed by atoms with Crippen molar-refractivity contribution in [3.63, 3.8) is 0 Å². The number of esters is 1. The number of amides is 1. The van der Waals surface area contributed by atoms with Crippen molar-refractivity contribution >= 4 is 40.6 Å². The van der Waals surface area contributed by atoms with Crippen LogP contribution >= 0.6 is 22.9 Å². The van der Waals surface area contributed by atoms with Crippen LogP contribution in [0.1, 0.15) is 104 Å². The second kappa shape index (κ2) is 11.2. The maximum absolute atomic E-state index is 13.4. The zero-order valence-corrected chi connectivity index (χ0v) is 26.5. The van der Waals surface area contributed by atoms with Gasteiger partial charge in [0.25, 0.3) is 0 Å². The molecule has 4 aliphatic carbocycles. The Bertz CT molecular complexity index is 1190. The van der Waals surface area contributed by atoms with Gasteiger partial charge in [-0.1, -0.05) is 51.8 Å². The number of rotatable bonds is 7. The lowest BCUT2D eigenvalue weighted by atomic mass is 9.45. The van der Waals surface area contributed by atoms with Gasteiger partial charge >= 0.3 is 5.97 Å². The van der Waals surface area contributed by atoms with Gasteiger partial charge in [0.05, 0.1) is 10.4 Å². The highest BCUT2D eigenvalue weighted by molar-refractivity contribution is 7.16. The maximum Gasteiger partial charge on any atom is 0.302 e. The van der Waals surface area contributed by atoms with Gasteiger partial charge in [-0.05, 0) is 90.7 Å². The molecule has 0 radical (unpaired) electrons. The van der Waals surface area contributed by atoms with Gasteiger partial charge in [-0.2, -0.15) is 0 Å². The molecule has 0 bridgehead atoms. The highest BCUT2D eigenvalue weighted by Crippen LogP contribution is 2.68. The molecule has 2 unspecified atom stereocenters. The van der Waals surface area contributed by atoms with E-state index in [-0.39, 0.29) is 52.5 Å². The molecule has 1 amide bonds. The van der Waals surface area contributed by atoms with Crippen LogP contribution in [0.5, 0.6) is 0 Å². The topological polar surface area (TPSA) is 72.5 Å². The van der Waals surface area contributed by atoms with Gasteiger partial charge in [0.1, 0.15) is 6.10 Å². The molecule has 0 aromatic carbocycles. The van der Waals surface area contributed by atoms with E-state index in [9.17, 15) is 14.4 Å². The summed E-state index contributed by atoms with van der Waals surface area (Å²) in [6, 6.07) is 3.90. The van der Waals surface area contributed by atoms with Crippen LogP contribution in [-0.4, -0.2) is 23.8 Å². The third-order valence-electron chi connectivity index (χ3n) is 11.4. The molecular formula is C33H46ClNO4S. The number of ketones is 1. The first kappa shape index (κ1) is 29.8. The second-order valence-electron chi connectivity index (χ2n) is 14.0. The van der Waals surface area contributed by atoms with Crippen molar-refractivity contribution in [3.05, 3.63) is 33.0 Å². The number of thiophene rings is 1. The molecule has 7 heteroatoms. The molecule has 1 aromatic rings. The van der Waals surface area contributed by atoms with Gasteiger partial charge in [-0.3, -0.25) is 14.4 Å². The van der Waals surface area contributed by atoms with Gasteiger partial charge in [0.2, 0.25) is 5.91 Å². The fraction of sp³-hybridized carbons (Fsp3) is 0.727. The summed E-state index contributed by atoms with van der Waals surface area (Å²) in [7, 11) is 0. The van der Waals surface area contributed by atoms with Crippen LogP contribution in [0.2, 0.25) is 4.34 Å². The lowest BCUT2D eigenvalue weighted by Crippen LogP contribution is -2.56. The van der Waals surface area contributed by atoms with E-state index in [2.05, 4.69) is 39.9 Å². The predicted molar refractivity (Wildman–Crippen MR) is 160 cm³/mol.